The number of methoxy groups -OCH3 is 1. The van der Waals surface area contributed by atoms with Crippen molar-refractivity contribution in [3.8, 4) is 5.75 Å². The SMILES string of the molecule is COc1ccc(Cl)cc1C(=O)Nc1cccc(Nc2nc(C)cc(C)n2)c1. The van der Waals surface area contributed by atoms with Gasteiger partial charge in [-0.25, -0.2) is 9.97 Å². The van der Waals surface area contributed by atoms with Gasteiger partial charge in [0.2, 0.25) is 5.95 Å². The topological polar surface area (TPSA) is 76.1 Å². The van der Waals surface area contributed by atoms with Crippen LogP contribution in [-0.2, 0) is 0 Å². The zero-order valence-electron chi connectivity index (χ0n) is 15.2. The number of carbonyl (C=O) groups is 1. The molecule has 1 heterocycles. The molecule has 0 aliphatic carbocycles. The molecule has 1 amide bonds. The van der Waals surface area contributed by atoms with Gasteiger partial charge in [0.15, 0.2) is 0 Å². The smallest absolute Gasteiger partial charge is 0.259 e. The fourth-order valence-corrected chi connectivity index (χ4v) is 2.81. The zero-order chi connectivity index (χ0) is 19.4. The Kier molecular flexibility index (Phi) is 5.57. The van der Waals surface area contributed by atoms with Gasteiger partial charge in [-0.05, 0) is 56.3 Å². The molecule has 0 fully saturated rings. The van der Waals surface area contributed by atoms with Gasteiger partial charge in [-0.1, -0.05) is 17.7 Å². The van der Waals surface area contributed by atoms with Gasteiger partial charge in [-0.2, -0.15) is 0 Å². The predicted molar refractivity (Wildman–Crippen MR) is 107 cm³/mol. The maximum Gasteiger partial charge on any atom is 0.259 e. The first kappa shape index (κ1) is 18.7. The number of ether oxygens (including phenoxy) is 1. The molecule has 0 saturated carbocycles. The van der Waals surface area contributed by atoms with E-state index >= 15 is 0 Å². The van der Waals surface area contributed by atoms with Gasteiger partial charge in [0, 0.05) is 27.8 Å². The molecular weight excluding hydrogens is 364 g/mol. The first-order valence-electron chi connectivity index (χ1n) is 8.29. The molecule has 3 rings (SSSR count). The third-order valence-corrected chi connectivity index (χ3v) is 4.00. The van der Waals surface area contributed by atoms with Crippen LogP contribution in [0.15, 0.2) is 48.5 Å². The van der Waals surface area contributed by atoms with Crippen LogP contribution in [0.2, 0.25) is 5.02 Å². The standard InChI is InChI=1S/C20H19ClN4O2/c1-12-9-13(2)23-20(22-12)25-16-6-4-5-15(11-16)24-19(26)17-10-14(21)7-8-18(17)27-3/h4-11H,1-3H3,(H,24,26)(H,22,23,25). The van der Waals surface area contributed by atoms with Crippen molar-refractivity contribution < 1.29 is 9.53 Å². The highest BCUT2D eigenvalue weighted by Gasteiger charge is 2.13. The number of hydrogen-bond donors (Lipinski definition) is 2. The minimum absolute atomic E-state index is 0.311. The van der Waals surface area contributed by atoms with Crippen molar-refractivity contribution in [3.63, 3.8) is 0 Å². The van der Waals surface area contributed by atoms with Gasteiger partial charge in [-0.15, -0.1) is 0 Å². The number of amides is 1. The Morgan fingerprint density at radius 1 is 1.00 bits per heavy atom. The lowest BCUT2D eigenvalue weighted by atomic mass is 10.1. The van der Waals surface area contributed by atoms with E-state index in [1.165, 1.54) is 7.11 Å². The fraction of sp³-hybridized carbons (Fsp3) is 0.150. The van der Waals surface area contributed by atoms with Crippen molar-refractivity contribution in [3.05, 3.63) is 70.5 Å². The Hall–Kier alpha value is -3.12. The second kappa shape index (κ2) is 8.05. The van der Waals surface area contributed by atoms with E-state index < -0.39 is 0 Å². The average molecular weight is 383 g/mol. The molecule has 7 heteroatoms. The van der Waals surface area contributed by atoms with Gasteiger partial charge in [0.05, 0.1) is 12.7 Å². The van der Waals surface area contributed by atoms with Crippen molar-refractivity contribution in [2.45, 2.75) is 13.8 Å². The minimum Gasteiger partial charge on any atom is -0.496 e. The summed E-state index contributed by atoms with van der Waals surface area (Å²) < 4.78 is 5.24. The number of benzene rings is 2. The summed E-state index contributed by atoms with van der Waals surface area (Å²) in [6.07, 6.45) is 0. The van der Waals surface area contributed by atoms with E-state index in [4.69, 9.17) is 16.3 Å². The van der Waals surface area contributed by atoms with Crippen LogP contribution in [0.1, 0.15) is 21.7 Å². The Morgan fingerprint density at radius 2 is 1.70 bits per heavy atom. The molecule has 0 atom stereocenters. The summed E-state index contributed by atoms with van der Waals surface area (Å²) in [5, 5.41) is 6.46. The Labute approximate surface area is 162 Å². The van der Waals surface area contributed by atoms with Crippen molar-refractivity contribution in [2.75, 3.05) is 17.7 Å². The molecule has 27 heavy (non-hydrogen) atoms. The van der Waals surface area contributed by atoms with Gasteiger partial charge >= 0.3 is 0 Å². The third-order valence-electron chi connectivity index (χ3n) is 3.77. The third kappa shape index (κ3) is 4.74. The monoisotopic (exact) mass is 382 g/mol. The minimum atomic E-state index is -0.311. The predicted octanol–water partition coefficient (Wildman–Crippen LogP) is 4.75. The van der Waals surface area contributed by atoms with Crippen molar-refractivity contribution in [2.24, 2.45) is 0 Å². The van der Waals surface area contributed by atoms with E-state index in [9.17, 15) is 4.79 Å². The first-order chi connectivity index (χ1) is 12.9. The molecule has 0 spiro atoms. The fourth-order valence-electron chi connectivity index (χ4n) is 2.64. The van der Waals surface area contributed by atoms with Crippen LogP contribution in [-0.4, -0.2) is 23.0 Å². The van der Waals surface area contributed by atoms with Crippen molar-refractivity contribution >= 4 is 34.8 Å². The molecule has 3 aromatic rings. The number of aryl methyl sites for hydroxylation is 2. The van der Waals surface area contributed by atoms with Gasteiger partial charge in [0.1, 0.15) is 5.75 Å². The average Bonchev–Trinajstić information content (AvgIpc) is 2.61. The number of halogens is 1. The number of carbonyl (C=O) groups excluding carboxylic acids is 1. The molecule has 2 aromatic carbocycles. The Bertz CT molecular complexity index is 971. The van der Waals surface area contributed by atoms with E-state index in [0.29, 0.717) is 28.0 Å². The largest absolute Gasteiger partial charge is 0.496 e. The molecule has 6 nitrogen and oxygen atoms in total. The molecule has 0 aliphatic heterocycles. The maximum atomic E-state index is 12.6. The highest BCUT2D eigenvalue weighted by atomic mass is 35.5. The lowest BCUT2D eigenvalue weighted by Crippen LogP contribution is -2.13. The second-order valence-electron chi connectivity index (χ2n) is 5.98. The van der Waals surface area contributed by atoms with E-state index in [1.807, 2.05) is 32.0 Å². The van der Waals surface area contributed by atoms with Crippen LogP contribution in [0.3, 0.4) is 0 Å². The van der Waals surface area contributed by atoms with Crippen LogP contribution < -0.4 is 15.4 Å². The van der Waals surface area contributed by atoms with Gasteiger partial charge in [-0.3, -0.25) is 4.79 Å². The zero-order valence-corrected chi connectivity index (χ0v) is 16.0. The van der Waals surface area contributed by atoms with Gasteiger partial charge in [0.25, 0.3) is 5.91 Å². The molecule has 2 N–H and O–H groups in total. The molecular formula is C20H19ClN4O2. The lowest BCUT2D eigenvalue weighted by molar-refractivity contribution is 0.102. The van der Waals surface area contributed by atoms with E-state index in [2.05, 4.69) is 20.6 Å². The highest BCUT2D eigenvalue weighted by molar-refractivity contribution is 6.31. The molecule has 0 radical (unpaired) electrons. The molecule has 0 bridgehead atoms. The molecule has 1 aromatic heterocycles. The molecule has 138 valence electrons. The molecule has 0 saturated heterocycles. The summed E-state index contributed by atoms with van der Waals surface area (Å²) in [5.74, 6) is 0.649. The number of aromatic nitrogens is 2. The summed E-state index contributed by atoms with van der Waals surface area (Å²) in [6, 6.07) is 14.1. The van der Waals surface area contributed by atoms with Crippen LogP contribution in [0, 0.1) is 13.8 Å². The van der Waals surface area contributed by atoms with Crippen LogP contribution in [0.25, 0.3) is 0 Å². The molecule has 0 unspecified atom stereocenters. The lowest BCUT2D eigenvalue weighted by Gasteiger charge is -2.11. The number of nitrogens with one attached hydrogen (secondary N) is 2. The number of rotatable bonds is 5. The number of anilines is 3. The van der Waals surface area contributed by atoms with Gasteiger partial charge < -0.3 is 15.4 Å². The van der Waals surface area contributed by atoms with E-state index in [1.54, 1.807) is 30.3 Å². The summed E-state index contributed by atoms with van der Waals surface area (Å²) in [4.78, 5) is 21.3. The van der Waals surface area contributed by atoms with E-state index in [-0.39, 0.29) is 5.91 Å². The summed E-state index contributed by atoms with van der Waals surface area (Å²) >= 11 is 6.00. The Balaban J connectivity index is 1.80. The maximum absolute atomic E-state index is 12.6. The summed E-state index contributed by atoms with van der Waals surface area (Å²) in [7, 11) is 1.51. The quantitative estimate of drug-likeness (QED) is 0.665. The summed E-state index contributed by atoms with van der Waals surface area (Å²) in [5.41, 5.74) is 3.50. The Morgan fingerprint density at radius 3 is 2.41 bits per heavy atom. The first-order valence-corrected chi connectivity index (χ1v) is 8.66. The van der Waals surface area contributed by atoms with Crippen molar-refractivity contribution in [1.82, 2.24) is 9.97 Å². The normalized spacial score (nSPS) is 10.4. The van der Waals surface area contributed by atoms with Crippen LogP contribution in [0.5, 0.6) is 5.75 Å². The highest BCUT2D eigenvalue weighted by Crippen LogP contribution is 2.25. The summed E-state index contributed by atoms with van der Waals surface area (Å²) in [6.45, 7) is 3.82. The van der Waals surface area contributed by atoms with Crippen LogP contribution in [0.4, 0.5) is 17.3 Å². The molecule has 0 aliphatic rings. The van der Waals surface area contributed by atoms with Crippen LogP contribution >= 0.6 is 11.6 Å². The second-order valence-corrected chi connectivity index (χ2v) is 6.42. The van der Waals surface area contributed by atoms with Crippen molar-refractivity contribution in [1.29, 1.82) is 0 Å². The van der Waals surface area contributed by atoms with E-state index in [0.717, 1.165) is 17.1 Å². The number of nitrogens with zero attached hydrogens (tertiary/aromatic N) is 2. The number of hydrogen-bond acceptors (Lipinski definition) is 5.